The average molecular weight is 260 g/mol. The molecule has 2 nitrogen and oxygen atoms in total. The lowest BCUT2D eigenvalue weighted by molar-refractivity contribution is 0.589. The van der Waals surface area contributed by atoms with Gasteiger partial charge >= 0.3 is 0 Å². The Hall–Kier alpha value is -1.19. The lowest BCUT2D eigenvalue weighted by atomic mass is 9.86. The molecular weight excluding hydrogens is 240 g/mol. The fourth-order valence-electron chi connectivity index (χ4n) is 2.03. The first-order valence-corrected chi connectivity index (χ1v) is 7.12. The molecule has 0 aliphatic carbocycles. The van der Waals surface area contributed by atoms with Crippen LogP contribution in [0.1, 0.15) is 43.6 Å². The molecule has 0 aliphatic heterocycles. The van der Waals surface area contributed by atoms with Crippen molar-refractivity contribution in [2.75, 3.05) is 7.05 Å². The summed E-state index contributed by atoms with van der Waals surface area (Å²) in [7, 11) is 1.97. The Morgan fingerprint density at radius 1 is 1.17 bits per heavy atom. The molecule has 3 heteroatoms. The molecule has 1 atom stereocenters. The van der Waals surface area contributed by atoms with Crippen LogP contribution in [-0.4, -0.2) is 12.0 Å². The van der Waals surface area contributed by atoms with Crippen molar-refractivity contribution in [3.05, 3.63) is 52.0 Å². The molecule has 1 N–H and O–H groups in total. The molecule has 0 saturated heterocycles. The van der Waals surface area contributed by atoms with Gasteiger partial charge in [0.2, 0.25) is 0 Å². The van der Waals surface area contributed by atoms with Gasteiger partial charge in [0.05, 0.1) is 17.2 Å². The molecule has 96 valence electrons. The molecule has 1 aromatic carbocycles. The minimum atomic E-state index is 0.185. The zero-order chi connectivity index (χ0) is 13.2. The van der Waals surface area contributed by atoms with E-state index in [-0.39, 0.29) is 11.5 Å². The van der Waals surface area contributed by atoms with E-state index in [0.717, 1.165) is 5.69 Å². The summed E-state index contributed by atoms with van der Waals surface area (Å²) >= 11 is 1.63. The van der Waals surface area contributed by atoms with Crippen LogP contribution in [0, 0.1) is 0 Å². The fraction of sp³-hybridized carbons (Fsp3) is 0.400. The molecule has 0 bridgehead atoms. The van der Waals surface area contributed by atoms with Gasteiger partial charge in [-0.3, -0.25) is 0 Å². The van der Waals surface area contributed by atoms with E-state index < -0.39 is 0 Å². The highest BCUT2D eigenvalue weighted by molar-refractivity contribution is 7.07. The number of nitrogens with one attached hydrogen (secondary N) is 1. The maximum absolute atomic E-state index is 4.39. The van der Waals surface area contributed by atoms with Crippen LogP contribution in [0.2, 0.25) is 0 Å². The third kappa shape index (κ3) is 2.79. The molecule has 1 unspecified atom stereocenters. The highest BCUT2D eigenvalue weighted by Gasteiger charge is 2.16. The maximum Gasteiger partial charge on any atom is 0.0795 e. The van der Waals surface area contributed by atoms with Crippen molar-refractivity contribution in [3.63, 3.8) is 0 Å². The first kappa shape index (κ1) is 13.2. The zero-order valence-electron chi connectivity index (χ0n) is 11.4. The minimum absolute atomic E-state index is 0.185. The van der Waals surface area contributed by atoms with Gasteiger partial charge in [-0.25, -0.2) is 4.98 Å². The molecule has 0 fully saturated rings. The molecule has 0 aliphatic rings. The Labute approximate surface area is 113 Å². The van der Waals surface area contributed by atoms with Crippen LogP contribution >= 0.6 is 11.3 Å². The third-order valence-corrected chi connectivity index (χ3v) is 3.75. The number of thiazole rings is 1. The molecule has 0 saturated carbocycles. The van der Waals surface area contributed by atoms with Gasteiger partial charge in [-0.1, -0.05) is 45.0 Å². The largest absolute Gasteiger partial charge is 0.308 e. The summed E-state index contributed by atoms with van der Waals surface area (Å²) in [6, 6.07) is 9.01. The summed E-state index contributed by atoms with van der Waals surface area (Å²) in [6.07, 6.45) is 0. The Morgan fingerprint density at radius 3 is 2.28 bits per heavy atom. The van der Waals surface area contributed by atoms with Crippen LogP contribution in [0.15, 0.2) is 35.2 Å². The Kier molecular flexibility index (Phi) is 3.83. The quantitative estimate of drug-likeness (QED) is 0.909. The topological polar surface area (TPSA) is 24.9 Å². The molecule has 1 aromatic heterocycles. The summed E-state index contributed by atoms with van der Waals surface area (Å²) in [5.41, 5.74) is 5.79. The zero-order valence-corrected chi connectivity index (χ0v) is 12.2. The van der Waals surface area contributed by atoms with Crippen LogP contribution < -0.4 is 5.32 Å². The first-order valence-electron chi connectivity index (χ1n) is 6.18. The van der Waals surface area contributed by atoms with Gasteiger partial charge in [-0.05, 0) is 23.6 Å². The lowest BCUT2D eigenvalue weighted by Crippen LogP contribution is -2.18. The van der Waals surface area contributed by atoms with Crippen molar-refractivity contribution in [1.29, 1.82) is 0 Å². The normalized spacial score (nSPS) is 13.6. The smallest absolute Gasteiger partial charge is 0.0795 e. The van der Waals surface area contributed by atoms with Crippen molar-refractivity contribution in [2.24, 2.45) is 0 Å². The van der Waals surface area contributed by atoms with Gasteiger partial charge in [0.25, 0.3) is 0 Å². The van der Waals surface area contributed by atoms with E-state index in [1.807, 2.05) is 12.6 Å². The second-order valence-electron chi connectivity index (χ2n) is 5.51. The van der Waals surface area contributed by atoms with E-state index in [4.69, 9.17) is 0 Å². The molecule has 18 heavy (non-hydrogen) atoms. The van der Waals surface area contributed by atoms with Gasteiger partial charge < -0.3 is 5.32 Å². The van der Waals surface area contributed by atoms with E-state index in [0.29, 0.717) is 0 Å². The van der Waals surface area contributed by atoms with Crippen LogP contribution in [0.5, 0.6) is 0 Å². The predicted molar refractivity (Wildman–Crippen MR) is 78.2 cm³/mol. The predicted octanol–water partition coefficient (Wildman–Crippen LogP) is 3.75. The van der Waals surface area contributed by atoms with E-state index in [9.17, 15) is 0 Å². The van der Waals surface area contributed by atoms with E-state index in [1.54, 1.807) is 11.3 Å². The summed E-state index contributed by atoms with van der Waals surface area (Å²) in [5, 5.41) is 5.42. The third-order valence-electron chi connectivity index (χ3n) is 3.15. The highest BCUT2D eigenvalue weighted by atomic mass is 32.1. The standard InChI is InChI=1S/C15H20N2S/c1-15(2,3)12-7-5-11(6-8-12)14(16-4)13-9-18-10-17-13/h5-10,14,16H,1-4H3. The van der Waals surface area contributed by atoms with Crippen LogP contribution in [-0.2, 0) is 5.41 Å². The molecule has 0 spiro atoms. The molecular formula is C15H20N2S. The summed E-state index contributed by atoms with van der Waals surface area (Å²) in [5.74, 6) is 0. The van der Waals surface area contributed by atoms with E-state index in [2.05, 4.69) is 60.7 Å². The molecule has 1 heterocycles. The van der Waals surface area contributed by atoms with Crippen molar-refractivity contribution >= 4 is 11.3 Å². The van der Waals surface area contributed by atoms with Crippen molar-refractivity contribution in [1.82, 2.24) is 10.3 Å². The Morgan fingerprint density at radius 2 is 1.83 bits per heavy atom. The van der Waals surface area contributed by atoms with E-state index in [1.165, 1.54) is 11.1 Å². The Balaban J connectivity index is 2.28. The second-order valence-corrected chi connectivity index (χ2v) is 6.23. The number of hydrogen-bond acceptors (Lipinski definition) is 3. The summed E-state index contributed by atoms with van der Waals surface area (Å²) < 4.78 is 0. The SMILES string of the molecule is CNC(c1ccc(C(C)(C)C)cc1)c1cscn1. The summed E-state index contributed by atoms with van der Waals surface area (Å²) in [4.78, 5) is 4.39. The number of benzene rings is 1. The number of aromatic nitrogens is 1. The van der Waals surface area contributed by atoms with Crippen molar-refractivity contribution < 1.29 is 0 Å². The molecule has 2 aromatic rings. The van der Waals surface area contributed by atoms with Gasteiger partial charge in [0.15, 0.2) is 0 Å². The maximum atomic E-state index is 4.39. The van der Waals surface area contributed by atoms with Gasteiger partial charge in [-0.2, -0.15) is 0 Å². The number of nitrogens with zero attached hydrogens (tertiary/aromatic N) is 1. The number of rotatable bonds is 3. The lowest BCUT2D eigenvalue weighted by Gasteiger charge is -2.21. The average Bonchev–Trinajstić information content (AvgIpc) is 2.83. The number of hydrogen-bond donors (Lipinski definition) is 1. The van der Waals surface area contributed by atoms with E-state index >= 15 is 0 Å². The molecule has 0 amide bonds. The summed E-state index contributed by atoms with van der Waals surface area (Å²) in [6.45, 7) is 6.70. The molecule has 2 rings (SSSR count). The van der Waals surface area contributed by atoms with Gasteiger partial charge in [-0.15, -0.1) is 11.3 Å². The van der Waals surface area contributed by atoms with Gasteiger partial charge in [0.1, 0.15) is 0 Å². The van der Waals surface area contributed by atoms with Crippen LogP contribution in [0.3, 0.4) is 0 Å². The monoisotopic (exact) mass is 260 g/mol. The first-order chi connectivity index (χ1) is 8.52. The Bertz CT molecular complexity index is 480. The highest BCUT2D eigenvalue weighted by Crippen LogP contribution is 2.26. The second kappa shape index (κ2) is 5.21. The van der Waals surface area contributed by atoms with Crippen LogP contribution in [0.4, 0.5) is 0 Å². The fourth-order valence-corrected chi connectivity index (χ4v) is 2.61. The molecule has 0 radical (unpaired) electrons. The minimum Gasteiger partial charge on any atom is -0.308 e. The van der Waals surface area contributed by atoms with Crippen molar-refractivity contribution in [2.45, 2.75) is 32.2 Å². The van der Waals surface area contributed by atoms with Crippen molar-refractivity contribution in [3.8, 4) is 0 Å². The van der Waals surface area contributed by atoms with Crippen LogP contribution in [0.25, 0.3) is 0 Å². The van der Waals surface area contributed by atoms with Gasteiger partial charge in [0, 0.05) is 5.38 Å².